The van der Waals surface area contributed by atoms with Crippen LogP contribution in [0.25, 0.3) is 11.1 Å². The zero-order valence-electron chi connectivity index (χ0n) is 12.2. The number of likely N-dealkylation sites (N-methyl/N-ethyl adjacent to an activating group) is 1. The lowest BCUT2D eigenvalue weighted by Gasteiger charge is -2.13. The number of carbonyl (C=O) groups excluding carboxylic acids is 2. The minimum Gasteiger partial charge on any atom is -0.408 e. The maximum absolute atomic E-state index is 12.0. The van der Waals surface area contributed by atoms with Crippen LogP contribution in [0.3, 0.4) is 0 Å². The molecule has 1 atom stereocenters. The van der Waals surface area contributed by atoms with Crippen LogP contribution in [0.5, 0.6) is 0 Å². The van der Waals surface area contributed by atoms with Gasteiger partial charge in [-0.05, 0) is 26.0 Å². The molecule has 0 unspecified atom stereocenters. The molecule has 1 aromatic heterocycles. The molecule has 8 heteroatoms. The summed E-state index contributed by atoms with van der Waals surface area (Å²) in [5.41, 5.74) is 0.775. The molecule has 0 radical (unpaired) electrons. The number of hydrogen-bond acceptors (Lipinski definition) is 4. The third kappa shape index (κ3) is 3.48. The Hall–Kier alpha value is -2.28. The minimum absolute atomic E-state index is 0.239. The summed E-state index contributed by atoms with van der Waals surface area (Å²) in [6.45, 7) is 3.59. The van der Waals surface area contributed by atoms with Gasteiger partial charge in [0.15, 0.2) is 5.58 Å². The zero-order chi connectivity index (χ0) is 16.3. The van der Waals surface area contributed by atoms with Crippen LogP contribution >= 0.6 is 11.6 Å². The van der Waals surface area contributed by atoms with Crippen LogP contribution in [0.1, 0.15) is 13.8 Å². The topological polar surface area (TPSA) is 93.3 Å². The Morgan fingerprint density at radius 3 is 2.82 bits per heavy atom. The van der Waals surface area contributed by atoms with Gasteiger partial charge >= 0.3 is 5.76 Å². The lowest BCUT2D eigenvalue weighted by Crippen LogP contribution is -2.46. The second kappa shape index (κ2) is 6.65. The molecule has 2 N–H and O–H groups in total. The Bertz CT molecular complexity index is 765. The maximum Gasteiger partial charge on any atom is 0.420 e. The summed E-state index contributed by atoms with van der Waals surface area (Å²) >= 11 is 5.82. The van der Waals surface area contributed by atoms with Crippen molar-refractivity contribution in [2.24, 2.45) is 0 Å². The van der Waals surface area contributed by atoms with E-state index >= 15 is 0 Å². The molecule has 0 aliphatic rings. The van der Waals surface area contributed by atoms with E-state index in [4.69, 9.17) is 16.0 Å². The highest BCUT2D eigenvalue weighted by atomic mass is 35.5. The third-order valence-corrected chi connectivity index (χ3v) is 3.29. The average Bonchev–Trinajstić information content (AvgIpc) is 2.74. The summed E-state index contributed by atoms with van der Waals surface area (Å²) < 4.78 is 6.22. The van der Waals surface area contributed by atoms with Gasteiger partial charge < -0.3 is 15.1 Å². The van der Waals surface area contributed by atoms with Crippen LogP contribution in [0.2, 0.25) is 5.02 Å². The van der Waals surface area contributed by atoms with Crippen molar-refractivity contribution in [1.29, 1.82) is 0 Å². The molecule has 0 aliphatic heterocycles. The van der Waals surface area contributed by atoms with E-state index in [1.807, 2.05) is 0 Å². The van der Waals surface area contributed by atoms with Gasteiger partial charge in [0.2, 0.25) is 11.8 Å². The van der Waals surface area contributed by atoms with E-state index in [0.717, 1.165) is 0 Å². The number of nitrogens with zero attached hydrogens (tertiary/aromatic N) is 1. The fourth-order valence-corrected chi connectivity index (χ4v) is 2.18. The van der Waals surface area contributed by atoms with Crippen LogP contribution in [-0.4, -0.2) is 29.0 Å². The van der Waals surface area contributed by atoms with Crippen molar-refractivity contribution < 1.29 is 14.0 Å². The SMILES string of the molecule is CCNC(=O)[C@@H](C)NC(=O)Cn1c(=O)oc2cc(Cl)ccc21. The van der Waals surface area contributed by atoms with Gasteiger partial charge in [0.05, 0.1) is 5.52 Å². The number of rotatable bonds is 5. The first-order valence-corrected chi connectivity index (χ1v) is 7.16. The Morgan fingerprint density at radius 2 is 2.14 bits per heavy atom. The van der Waals surface area contributed by atoms with E-state index in [0.29, 0.717) is 22.7 Å². The number of aromatic nitrogens is 1. The lowest BCUT2D eigenvalue weighted by molar-refractivity contribution is -0.128. The smallest absolute Gasteiger partial charge is 0.408 e. The molecule has 22 heavy (non-hydrogen) atoms. The monoisotopic (exact) mass is 325 g/mol. The van der Waals surface area contributed by atoms with Gasteiger partial charge in [-0.3, -0.25) is 14.2 Å². The zero-order valence-corrected chi connectivity index (χ0v) is 12.9. The highest BCUT2D eigenvalue weighted by Crippen LogP contribution is 2.18. The molecule has 0 saturated heterocycles. The van der Waals surface area contributed by atoms with Gasteiger partial charge in [-0.2, -0.15) is 0 Å². The highest BCUT2D eigenvalue weighted by molar-refractivity contribution is 6.31. The normalized spacial score (nSPS) is 12.1. The Balaban J connectivity index is 2.14. The van der Waals surface area contributed by atoms with Crippen molar-refractivity contribution in [3.63, 3.8) is 0 Å². The Morgan fingerprint density at radius 1 is 1.41 bits per heavy atom. The standard InChI is InChI=1S/C14H16ClN3O4/c1-3-16-13(20)8(2)17-12(19)7-18-10-5-4-9(15)6-11(10)22-14(18)21/h4-6,8H,3,7H2,1-2H3,(H,16,20)(H,17,19)/t8-/m1/s1. The van der Waals surface area contributed by atoms with Crippen LogP contribution in [-0.2, 0) is 16.1 Å². The van der Waals surface area contributed by atoms with Gasteiger partial charge in [-0.1, -0.05) is 11.6 Å². The molecule has 118 valence electrons. The molecular weight excluding hydrogens is 310 g/mol. The van der Waals surface area contributed by atoms with E-state index in [-0.39, 0.29) is 12.5 Å². The van der Waals surface area contributed by atoms with E-state index in [9.17, 15) is 14.4 Å². The first-order valence-electron chi connectivity index (χ1n) is 6.78. The number of nitrogens with one attached hydrogen (secondary N) is 2. The molecule has 0 aliphatic carbocycles. The van der Waals surface area contributed by atoms with E-state index in [1.165, 1.54) is 10.6 Å². The summed E-state index contributed by atoms with van der Waals surface area (Å²) in [4.78, 5) is 35.3. The van der Waals surface area contributed by atoms with Crippen LogP contribution < -0.4 is 16.4 Å². The predicted octanol–water partition coefficient (Wildman–Crippen LogP) is 0.889. The average molecular weight is 326 g/mol. The fraction of sp³-hybridized carbons (Fsp3) is 0.357. The molecule has 1 heterocycles. The molecule has 7 nitrogen and oxygen atoms in total. The van der Waals surface area contributed by atoms with Crippen LogP contribution in [0.4, 0.5) is 0 Å². The van der Waals surface area contributed by atoms with E-state index in [2.05, 4.69) is 10.6 Å². The highest BCUT2D eigenvalue weighted by Gasteiger charge is 2.17. The molecule has 0 spiro atoms. The second-order valence-corrected chi connectivity index (χ2v) is 5.19. The predicted molar refractivity (Wildman–Crippen MR) is 81.8 cm³/mol. The molecule has 0 fully saturated rings. The van der Waals surface area contributed by atoms with Crippen molar-refractivity contribution in [3.8, 4) is 0 Å². The summed E-state index contributed by atoms with van der Waals surface area (Å²) in [6, 6.07) is 4.02. The summed E-state index contributed by atoms with van der Waals surface area (Å²) in [5, 5.41) is 5.56. The molecule has 1 aromatic carbocycles. The van der Waals surface area contributed by atoms with Gasteiger partial charge in [0.25, 0.3) is 0 Å². The number of amides is 2. The maximum atomic E-state index is 12.0. The number of carbonyl (C=O) groups is 2. The molecule has 2 rings (SSSR count). The third-order valence-electron chi connectivity index (χ3n) is 3.05. The first-order chi connectivity index (χ1) is 10.4. The number of hydrogen-bond donors (Lipinski definition) is 2. The summed E-state index contributed by atoms with van der Waals surface area (Å²) in [7, 11) is 0. The van der Waals surface area contributed by atoms with Crippen molar-refractivity contribution in [2.45, 2.75) is 26.4 Å². The lowest BCUT2D eigenvalue weighted by atomic mass is 10.3. The quantitative estimate of drug-likeness (QED) is 0.853. The molecular formula is C14H16ClN3O4. The van der Waals surface area contributed by atoms with Gasteiger partial charge in [0.1, 0.15) is 12.6 Å². The Labute approximate surface area is 131 Å². The van der Waals surface area contributed by atoms with Crippen LogP contribution in [0, 0.1) is 0 Å². The molecule has 0 saturated carbocycles. The van der Waals surface area contributed by atoms with Crippen molar-refractivity contribution in [2.75, 3.05) is 6.54 Å². The van der Waals surface area contributed by atoms with Gasteiger partial charge in [0, 0.05) is 17.6 Å². The minimum atomic E-state index is -0.684. The number of halogens is 1. The van der Waals surface area contributed by atoms with Crippen molar-refractivity contribution in [3.05, 3.63) is 33.8 Å². The summed E-state index contributed by atoms with van der Waals surface area (Å²) in [6.07, 6.45) is 0. The van der Waals surface area contributed by atoms with Gasteiger partial charge in [-0.15, -0.1) is 0 Å². The van der Waals surface area contributed by atoms with Crippen molar-refractivity contribution >= 4 is 34.5 Å². The van der Waals surface area contributed by atoms with Crippen molar-refractivity contribution in [1.82, 2.24) is 15.2 Å². The molecule has 2 amide bonds. The number of oxazole rings is 1. The summed E-state index contributed by atoms with van der Waals surface area (Å²) in [5.74, 6) is -1.40. The van der Waals surface area contributed by atoms with E-state index in [1.54, 1.807) is 26.0 Å². The van der Waals surface area contributed by atoms with E-state index < -0.39 is 17.7 Å². The fourth-order valence-electron chi connectivity index (χ4n) is 2.01. The number of fused-ring (bicyclic) bond motifs is 1. The van der Waals surface area contributed by atoms with Gasteiger partial charge in [-0.25, -0.2) is 4.79 Å². The Kier molecular flexibility index (Phi) is 4.87. The number of benzene rings is 1. The molecule has 0 bridgehead atoms. The second-order valence-electron chi connectivity index (χ2n) is 4.75. The van der Waals surface area contributed by atoms with Crippen LogP contribution in [0.15, 0.2) is 27.4 Å². The first kappa shape index (κ1) is 16.1. The largest absolute Gasteiger partial charge is 0.420 e. The molecule has 2 aromatic rings.